The number of hydrogen-bond donors (Lipinski definition) is 1. The van der Waals surface area contributed by atoms with Crippen LogP contribution < -0.4 is 5.32 Å². The SMILES string of the molecule is COC(=O)c1ccc(CN(C)CCCNc2cc(-c3ccccc3Cl)nc3c(Br)cnn23)cc1. The molecule has 0 aliphatic heterocycles. The van der Waals surface area contributed by atoms with E-state index in [0.29, 0.717) is 10.6 Å². The lowest BCUT2D eigenvalue weighted by atomic mass is 10.1. The normalized spacial score (nSPS) is 11.2. The van der Waals surface area contributed by atoms with Crippen LogP contribution in [0.4, 0.5) is 5.82 Å². The van der Waals surface area contributed by atoms with Crippen LogP contribution >= 0.6 is 27.5 Å². The van der Waals surface area contributed by atoms with Crippen molar-refractivity contribution in [3.8, 4) is 11.3 Å². The minimum Gasteiger partial charge on any atom is -0.465 e. The molecule has 2 aromatic carbocycles. The number of methoxy groups -OCH3 is 1. The second kappa shape index (κ2) is 11.0. The molecule has 0 aliphatic rings. The maximum Gasteiger partial charge on any atom is 0.337 e. The average Bonchev–Trinajstić information content (AvgIpc) is 3.22. The predicted octanol–water partition coefficient (Wildman–Crippen LogP) is 5.53. The van der Waals surface area contributed by atoms with Crippen LogP contribution in [0.15, 0.2) is 65.3 Å². The molecule has 0 aliphatic carbocycles. The highest BCUT2D eigenvalue weighted by Gasteiger charge is 2.13. The molecule has 4 aromatic rings. The third-order valence-electron chi connectivity index (χ3n) is 5.43. The van der Waals surface area contributed by atoms with Crippen molar-refractivity contribution in [1.29, 1.82) is 0 Å². The maximum atomic E-state index is 11.6. The standard InChI is InChI=1S/C25H25BrClN5O2/c1-31(16-17-8-10-18(11-9-17)25(33)34-2)13-5-12-28-23-14-22(19-6-3-4-7-21(19)27)30-24-20(26)15-29-32(23)24/h3-4,6-11,14-15,28H,5,12-13,16H2,1-2H3. The van der Waals surface area contributed by atoms with Crippen LogP contribution in [0.3, 0.4) is 0 Å². The van der Waals surface area contributed by atoms with E-state index in [0.717, 1.165) is 58.8 Å². The zero-order chi connectivity index (χ0) is 24.1. The van der Waals surface area contributed by atoms with Crippen LogP contribution in [0.2, 0.25) is 5.02 Å². The first kappa shape index (κ1) is 24.2. The van der Waals surface area contributed by atoms with Gasteiger partial charge in [0.05, 0.1) is 29.0 Å². The summed E-state index contributed by atoms with van der Waals surface area (Å²) < 4.78 is 7.36. The third kappa shape index (κ3) is 5.58. The Labute approximate surface area is 211 Å². The van der Waals surface area contributed by atoms with Crippen molar-refractivity contribution in [1.82, 2.24) is 19.5 Å². The van der Waals surface area contributed by atoms with E-state index in [9.17, 15) is 4.79 Å². The molecule has 0 amide bonds. The smallest absolute Gasteiger partial charge is 0.337 e. The van der Waals surface area contributed by atoms with Crippen molar-refractivity contribution in [3.05, 3.63) is 81.4 Å². The average molecular weight is 543 g/mol. The Morgan fingerprint density at radius 2 is 1.97 bits per heavy atom. The highest BCUT2D eigenvalue weighted by molar-refractivity contribution is 9.10. The van der Waals surface area contributed by atoms with Gasteiger partial charge in [-0.05, 0) is 59.7 Å². The molecule has 2 heterocycles. The van der Waals surface area contributed by atoms with Crippen LogP contribution in [0.25, 0.3) is 16.9 Å². The van der Waals surface area contributed by atoms with E-state index in [1.807, 2.05) is 42.5 Å². The van der Waals surface area contributed by atoms with E-state index >= 15 is 0 Å². The lowest BCUT2D eigenvalue weighted by Gasteiger charge is -2.17. The molecule has 0 spiro atoms. The molecule has 7 nitrogen and oxygen atoms in total. The molecule has 1 N–H and O–H groups in total. The van der Waals surface area contributed by atoms with E-state index in [1.54, 1.807) is 22.8 Å². The number of benzene rings is 2. The number of nitrogens with one attached hydrogen (secondary N) is 1. The summed E-state index contributed by atoms with van der Waals surface area (Å²) in [7, 11) is 3.47. The lowest BCUT2D eigenvalue weighted by Crippen LogP contribution is -2.21. The lowest BCUT2D eigenvalue weighted by molar-refractivity contribution is 0.0600. The van der Waals surface area contributed by atoms with Gasteiger partial charge < -0.3 is 15.0 Å². The van der Waals surface area contributed by atoms with Crippen molar-refractivity contribution in [2.75, 3.05) is 32.6 Å². The number of hydrogen-bond acceptors (Lipinski definition) is 6. The number of halogens is 2. The van der Waals surface area contributed by atoms with Crippen molar-refractivity contribution in [2.24, 2.45) is 0 Å². The number of carbonyl (C=O) groups excluding carboxylic acids is 1. The van der Waals surface area contributed by atoms with Crippen molar-refractivity contribution >= 4 is 45.0 Å². The molecule has 2 aromatic heterocycles. The first-order chi connectivity index (χ1) is 16.5. The zero-order valence-corrected chi connectivity index (χ0v) is 21.3. The van der Waals surface area contributed by atoms with Crippen LogP contribution in [-0.2, 0) is 11.3 Å². The van der Waals surface area contributed by atoms with Gasteiger partial charge in [0, 0.05) is 29.7 Å². The second-order valence-corrected chi connectivity index (χ2v) is 9.20. The number of ether oxygens (including phenoxy) is 1. The summed E-state index contributed by atoms with van der Waals surface area (Å²) in [5, 5.41) is 8.59. The minimum atomic E-state index is -0.321. The molecule has 0 saturated heterocycles. The van der Waals surface area contributed by atoms with Gasteiger partial charge in [-0.15, -0.1) is 0 Å². The van der Waals surface area contributed by atoms with Crippen molar-refractivity contribution in [2.45, 2.75) is 13.0 Å². The van der Waals surface area contributed by atoms with Crippen molar-refractivity contribution in [3.63, 3.8) is 0 Å². The molecule has 0 unspecified atom stereocenters. The number of aromatic nitrogens is 3. The number of fused-ring (bicyclic) bond motifs is 1. The largest absolute Gasteiger partial charge is 0.465 e. The number of rotatable bonds is 9. The van der Waals surface area contributed by atoms with Crippen molar-refractivity contribution < 1.29 is 9.53 Å². The maximum absolute atomic E-state index is 11.6. The Hall–Kier alpha value is -2.94. The molecular formula is C25H25BrClN5O2. The Balaban J connectivity index is 1.38. The molecule has 0 bridgehead atoms. The summed E-state index contributed by atoms with van der Waals surface area (Å²) >= 11 is 9.95. The Morgan fingerprint density at radius 1 is 1.21 bits per heavy atom. The summed E-state index contributed by atoms with van der Waals surface area (Å²) in [5.74, 6) is 0.532. The van der Waals surface area contributed by atoms with Gasteiger partial charge in [0.1, 0.15) is 5.82 Å². The molecule has 9 heteroatoms. The Morgan fingerprint density at radius 3 is 2.71 bits per heavy atom. The van der Waals surface area contributed by atoms with Gasteiger partial charge in [0.25, 0.3) is 0 Å². The summed E-state index contributed by atoms with van der Waals surface area (Å²) in [6, 6.07) is 17.2. The van der Waals surface area contributed by atoms with E-state index in [1.165, 1.54) is 7.11 Å². The summed E-state index contributed by atoms with van der Waals surface area (Å²) in [6.07, 6.45) is 2.67. The number of esters is 1. The molecule has 176 valence electrons. The molecule has 0 fully saturated rings. The van der Waals surface area contributed by atoms with Crippen LogP contribution in [0, 0.1) is 0 Å². The molecule has 0 radical (unpaired) electrons. The van der Waals surface area contributed by atoms with E-state index < -0.39 is 0 Å². The quantitative estimate of drug-likeness (QED) is 0.221. The molecule has 0 atom stereocenters. The molecular weight excluding hydrogens is 518 g/mol. The minimum absolute atomic E-state index is 0.321. The third-order valence-corrected chi connectivity index (χ3v) is 6.32. The Kier molecular flexibility index (Phi) is 7.82. The Bertz CT molecular complexity index is 1290. The fraction of sp³-hybridized carbons (Fsp3) is 0.240. The number of anilines is 1. The predicted molar refractivity (Wildman–Crippen MR) is 138 cm³/mol. The van der Waals surface area contributed by atoms with E-state index in [2.05, 4.69) is 38.3 Å². The molecule has 34 heavy (non-hydrogen) atoms. The molecule has 0 saturated carbocycles. The van der Waals surface area contributed by atoms with E-state index in [4.69, 9.17) is 21.3 Å². The fourth-order valence-electron chi connectivity index (χ4n) is 3.69. The van der Waals surface area contributed by atoms with Gasteiger partial charge in [-0.25, -0.2) is 9.78 Å². The second-order valence-electron chi connectivity index (χ2n) is 7.94. The van der Waals surface area contributed by atoms with Gasteiger partial charge in [-0.3, -0.25) is 0 Å². The van der Waals surface area contributed by atoms with Gasteiger partial charge >= 0.3 is 5.97 Å². The number of nitrogens with zero attached hydrogens (tertiary/aromatic N) is 4. The van der Waals surface area contributed by atoms with Gasteiger partial charge in [-0.1, -0.05) is 41.9 Å². The van der Waals surface area contributed by atoms with Gasteiger partial charge in [-0.2, -0.15) is 9.61 Å². The number of carbonyl (C=O) groups is 1. The van der Waals surface area contributed by atoms with E-state index in [-0.39, 0.29) is 5.97 Å². The molecule has 4 rings (SSSR count). The highest BCUT2D eigenvalue weighted by Crippen LogP contribution is 2.30. The first-order valence-electron chi connectivity index (χ1n) is 10.8. The van der Waals surface area contributed by atoms with Gasteiger partial charge in [0.15, 0.2) is 5.65 Å². The van der Waals surface area contributed by atoms with Crippen LogP contribution in [-0.4, -0.2) is 52.7 Å². The van der Waals surface area contributed by atoms with Crippen LogP contribution in [0.1, 0.15) is 22.3 Å². The highest BCUT2D eigenvalue weighted by atomic mass is 79.9. The summed E-state index contributed by atoms with van der Waals surface area (Å²) in [6.45, 7) is 2.47. The zero-order valence-electron chi connectivity index (χ0n) is 19.0. The summed E-state index contributed by atoms with van der Waals surface area (Å²) in [4.78, 5) is 18.6. The monoisotopic (exact) mass is 541 g/mol. The fourth-order valence-corrected chi connectivity index (χ4v) is 4.27. The topological polar surface area (TPSA) is 71.8 Å². The van der Waals surface area contributed by atoms with Crippen LogP contribution in [0.5, 0.6) is 0 Å². The van der Waals surface area contributed by atoms with Gasteiger partial charge in [0.2, 0.25) is 0 Å². The summed E-state index contributed by atoms with van der Waals surface area (Å²) in [5.41, 5.74) is 4.09. The first-order valence-corrected chi connectivity index (χ1v) is 12.0.